The van der Waals surface area contributed by atoms with Gasteiger partial charge in [0.05, 0.1) is 12.2 Å². The molecule has 3 aliphatic rings. The average Bonchev–Trinajstić information content (AvgIpc) is 3.28. The molecule has 4 aromatic carbocycles. The summed E-state index contributed by atoms with van der Waals surface area (Å²) >= 11 is 0. The molecule has 0 amide bonds. The molecular weight excluding hydrogens is 460 g/mol. The largest absolute Gasteiger partial charge is 0.296 e. The first-order valence-corrected chi connectivity index (χ1v) is 13.7. The van der Waals surface area contributed by atoms with Crippen molar-refractivity contribution in [1.29, 1.82) is 0 Å². The van der Waals surface area contributed by atoms with E-state index in [4.69, 9.17) is 0 Å². The summed E-state index contributed by atoms with van der Waals surface area (Å²) in [6, 6.07) is 31.4. The number of nitrogens with zero attached hydrogens (tertiary/aromatic N) is 2. The molecule has 0 fully saturated rings. The molecule has 0 aromatic heterocycles. The first-order chi connectivity index (χ1) is 18.8. The molecule has 0 saturated carbocycles. The van der Waals surface area contributed by atoms with Crippen molar-refractivity contribution in [3.8, 4) is 22.3 Å². The zero-order chi connectivity index (χ0) is 25.5. The van der Waals surface area contributed by atoms with Crippen LogP contribution >= 0.6 is 0 Å². The van der Waals surface area contributed by atoms with Crippen molar-refractivity contribution in [3.63, 3.8) is 0 Å². The Morgan fingerprint density at radius 1 is 0.711 bits per heavy atom. The second-order valence-electron chi connectivity index (χ2n) is 10.5. The number of benzene rings is 4. The van der Waals surface area contributed by atoms with Crippen LogP contribution in [0.3, 0.4) is 0 Å². The van der Waals surface area contributed by atoms with Crippen LogP contribution in [0.15, 0.2) is 109 Å². The van der Waals surface area contributed by atoms with Crippen LogP contribution in [0.5, 0.6) is 0 Å². The number of allylic oxidation sites excluding steroid dienone is 2. The summed E-state index contributed by atoms with van der Waals surface area (Å²) < 4.78 is 0. The lowest BCUT2D eigenvalue weighted by Gasteiger charge is -2.32. The summed E-state index contributed by atoms with van der Waals surface area (Å²) in [7, 11) is 2.14. The molecule has 186 valence electrons. The predicted octanol–water partition coefficient (Wildman–Crippen LogP) is 8.71. The first kappa shape index (κ1) is 22.9. The number of hydrogen-bond acceptors (Lipinski definition) is 2. The third kappa shape index (κ3) is 3.88. The monoisotopic (exact) mass is 492 g/mol. The minimum atomic E-state index is 0.482. The van der Waals surface area contributed by atoms with Gasteiger partial charge < -0.3 is 0 Å². The molecule has 0 saturated heterocycles. The molecule has 2 heteroatoms. The number of hydrazine groups is 1. The van der Waals surface area contributed by atoms with E-state index >= 15 is 0 Å². The van der Waals surface area contributed by atoms with E-state index in [1.54, 1.807) is 0 Å². The Kier molecular flexibility index (Phi) is 5.74. The Hall–Kier alpha value is -4.30. The summed E-state index contributed by atoms with van der Waals surface area (Å²) in [6.45, 7) is 0.807. The van der Waals surface area contributed by atoms with Crippen molar-refractivity contribution in [2.24, 2.45) is 0 Å². The highest BCUT2D eigenvalue weighted by Crippen LogP contribution is 2.52. The molecule has 1 heterocycles. The number of fused-ring (bicyclic) bond motifs is 4. The van der Waals surface area contributed by atoms with Crippen molar-refractivity contribution in [3.05, 3.63) is 137 Å². The summed E-state index contributed by atoms with van der Waals surface area (Å²) in [4.78, 5) is 0. The Balaban J connectivity index is 1.21. The maximum atomic E-state index is 2.36. The fourth-order valence-corrected chi connectivity index (χ4v) is 6.43. The molecule has 1 unspecified atom stereocenters. The van der Waals surface area contributed by atoms with Gasteiger partial charge in [-0.05, 0) is 81.5 Å². The van der Waals surface area contributed by atoms with E-state index in [-0.39, 0.29) is 0 Å². The average molecular weight is 493 g/mol. The molecule has 38 heavy (non-hydrogen) atoms. The molecule has 1 atom stereocenters. The highest BCUT2D eigenvalue weighted by molar-refractivity contribution is 5.90. The normalized spacial score (nSPS) is 19.2. The van der Waals surface area contributed by atoms with Gasteiger partial charge >= 0.3 is 0 Å². The molecule has 0 spiro atoms. The SMILES string of the molecule is CN1/C=C\CCc2ccccc2/C=C\CN1c1ccc(-c2ccc3c4c2C=CCC4c2ccccc2-3)cc1. The number of hydrogen-bond donors (Lipinski definition) is 0. The molecule has 0 radical (unpaired) electrons. The van der Waals surface area contributed by atoms with Crippen molar-refractivity contribution in [2.75, 3.05) is 18.6 Å². The van der Waals surface area contributed by atoms with Crippen molar-refractivity contribution >= 4 is 17.8 Å². The lowest BCUT2D eigenvalue weighted by atomic mass is 9.82. The van der Waals surface area contributed by atoms with Gasteiger partial charge in [0.15, 0.2) is 0 Å². The lowest BCUT2D eigenvalue weighted by molar-refractivity contribution is 0.427. The van der Waals surface area contributed by atoms with Crippen LogP contribution in [0.2, 0.25) is 0 Å². The second kappa shape index (κ2) is 9.54. The Morgan fingerprint density at radius 3 is 2.45 bits per heavy atom. The van der Waals surface area contributed by atoms with E-state index in [2.05, 4.69) is 139 Å². The van der Waals surface area contributed by atoms with E-state index in [1.165, 1.54) is 55.8 Å². The topological polar surface area (TPSA) is 6.48 Å². The fourth-order valence-electron chi connectivity index (χ4n) is 6.43. The van der Waals surface area contributed by atoms with E-state index < -0.39 is 0 Å². The van der Waals surface area contributed by atoms with Crippen LogP contribution in [0.1, 0.15) is 46.6 Å². The Bertz CT molecular complexity index is 1590. The van der Waals surface area contributed by atoms with Gasteiger partial charge in [0.25, 0.3) is 0 Å². The van der Waals surface area contributed by atoms with Crippen LogP contribution in [-0.4, -0.2) is 18.6 Å². The quantitative estimate of drug-likeness (QED) is 0.276. The number of anilines is 1. The first-order valence-electron chi connectivity index (χ1n) is 13.7. The summed E-state index contributed by atoms with van der Waals surface area (Å²) in [5.41, 5.74) is 13.7. The highest BCUT2D eigenvalue weighted by atomic mass is 15.6. The molecule has 2 aliphatic carbocycles. The number of rotatable bonds is 2. The molecule has 1 aliphatic heterocycles. The van der Waals surface area contributed by atoms with Crippen molar-refractivity contribution in [2.45, 2.75) is 25.2 Å². The van der Waals surface area contributed by atoms with Gasteiger partial charge in [-0.25, -0.2) is 0 Å². The molecule has 4 aromatic rings. The van der Waals surface area contributed by atoms with Crippen molar-refractivity contribution in [1.82, 2.24) is 5.01 Å². The van der Waals surface area contributed by atoms with Crippen LogP contribution in [-0.2, 0) is 6.42 Å². The van der Waals surface area contributed by atoms with Gasteiger partial charge in [-0.15, -0.1) is 0 Å². The van der Waals surface area contributed by atoms with Gasteiger partial charge in [0, 0.05) is 19.2 Å². The van der Waals surface area contributed by atoms with E-state index in [0.29, 0.717) is 5.92 Å². The fraction of sp³-hybridized carbons (Fsp3) is 0.167. The van der Waals surface area contributed by atoms with Crippen LogP contribution in [0, 0.1) is 0 Å². The third-order valence-corrected chi connectivity index (χ3v) is 8.31. The van der Waals surface area contributed by atoms with Crippen LogP contribution < -0.4 is 5.01 Å². The van der Waals surface area contributed by atoms with Gasteiger partial charge in [-0.3, -0.25) is 10.0 Å². The summed E-state index contributed by atoms with van der Waals surface area (Å²) in [5, 5.41) is 4.53. The molecule has 0 N–H and O–H groups in total. The molecule has 0 bridgehead atoms. The summed E-state index contributed by atoms with van der Waals surface area (Å²) in [6.07, 6.45) is 16.9. The van der Waals surface area contributed by atoms with E-state index in [1.807, 2.05) is 0 Å². The predicted molar refractivity (Wildman–Crippen MR) is 161 cm³/mol. The molecule has 2 nitrogen and oxygen atoms in total. The van der Waals surface area contributed by atoms with Gasteiger partial charge in [-0.1, -0.05) is 103 Å². The van der Waals surface area contributed by atoms with E-state index in [0.717, 1.165) is 25.8 Å². The number of aryl methyl sites for hydroxylation is 1. The smallest absolute Gasteiger partial charge is 0.0580 e. The molecular formula is C36H32N2. The van der Waals surface area contributed by atoms with Crippen molar-refractivity contribution < 1.29 is 0 Å². The van der Waals surface area contributed by atoms with Gasteiger partial charge in [0.1, 0.15) is 0 Å². The standard InChI is InChI=1S/C36H32N2/c1-37-24-7-6-12-26-10-2-3-11-27(26)13-9-25-38(37)29-20-18-28(19-21-29)30-22-23-35-32-15-5-4-14-31(32)34-17-8-16-33(30)36(34)35/h2-5,7-11,13-16,18-24,34H,6,12,17,25H2,1H3/b13-9-,24-7-. The second-order valence-corrected chi connectivity index (χ2v) is 10.5. The Labute approximate surface area is 225 Å². The Morgan fingerprint density at radius 2 is 1.53 bits per heavy atom. The lowest BCUT2D eigenvalue weighted by Crippen LogP contribution is -2.36. The van der Waals surface area contributed by atoms with Crippen LogP contribution in [0.25, 0.3) is 34.4 Å². The van der Waals surface area contributed by atoms with Crippen LogP contribution in [0.4, 0.5) is 5.69 Å². The third-order valence-electron chi connectivity index (χ3n) is 8.31. The minimum Gasteiger partial charge on any atom is -0.296 e. The maximum absolute atomic E-state index is 2.36. The van der Waals surface area contributed by atoms with E-state index in [9.17, 15) is 0 Å². The van der Waals surface area contributed by atoms with Gasteiger partial charge in [-0.2, -0.15) is 0 Å². The summed E-state index contributed by atoms with van der Waals surface area (Å²) in [5.74, 6) is 0.482. The van der Waals surface area contributed by atoms with Gasteiger partial charge in [0.2, 0.25) is 0 Å². The zero-order valence-corrected chi connectivity index (χ0v) is 21.8. The highest BCUT2D eigenvalue weighted by Gasteiger charge is 2.32. The minimum absolute atomic E-state index is 0.482. The maximum Gasteiger partial charge on any atom is 0.0580 e. The zero-order valence-electron chi connectivity index (χ0n) is 21.8. The molecule has 7 rings (SSSR count).